The fourth-order valence-corrected chi connectivity index (χ4v) is 3.28. The van der Waals surface area contributed by atoms with Gasteiger partial charge < -0.3 is 24.7 Å². The molecule has 3 aromatic rings. The summed E-state index contributed by atoms with van der Waals surface area (Å²) in [6, 6.07) is 11.4. The van der Waals surface area contributed by atoms with Crippen molar-refractivity contribution in [3.05, 3.63) is 71.6 Å². The average Bonchev–Trinajstić information content (AvgIpc) is 3.09. The van der Waals surface area contributed by atoms with Crippen molar-refractivity contribution in [1.29, 1.82) is 0 Å². The second-order valence-corrected chi connectivity index (χ2v) is 7.02. The number of anilines is 1. The number of hydrogen-bond acceptors (Lipinski definition) is 4. The number of carbonyl (C=O) groups is 1. The van der Waals surface area contributed by atoms with Gasteiger partial charge in [0.25, 0.3) is 0 Å². The number of fused-ring (bicyclic) bond motifs is 1. The maximum absolute atomic E-state index is 13.1. The lowest BCUT2D eigenvalue weighted by molar-refractivity contribution is 0.171. The molecule has 2 N–H and O–H groups in total. The summed E-state index contributed by atoms with van der Waals surface area (Å²) in [7, 11) is 0. The first-order valence-corrected chi connectivity index (χ1v) is 9.78. The van der Waals surface area contributed by atoms with Gasteiger partial charge in [0.05, 0.1) is 0 Å². The van der Waals surface area contributed by atoms with E-state index in [2.05, 4.69) is 20.2 Å². The van der Waals surface area contributed by atoms with Crippen LogP contribution in [-0.4, -0.2) is 35.3 Å². The monoisotopic (exact) mass is 410 g/mol. The number of imidazole rings is 1. The number of urea groups is 1. The molecule has 7 nitrogen and oxygen atoms in total. The summed E-state index contributed by atoms with van der Waals surface area (Å²) < 4.78 is 26.2. The Hall–Kier alpha value is -3.55. The van der Waals surface area contributed by atoms with E-state index in [9.17, 15) is 9.18 Å². The van der Waals surface area contributed by atoms with E-state index in [4.69, 9.17) is 9.47 Å². The second-order valence-electron chi connectivity index (χ2n) is 7.02. The Morgan fingerprint density at radius 2 is 1.90 bits per heavy atom. The van der Waals surface area contributed by atoms with Gasteiger partial charge in [-0.05, 0) is 36.8 Å². The number of halogens is 1. The van der Waals surface area contributed by atoms with Crippen LogP contribution in [0.3, 0.4) is 0 Å². The number of benzene rings is 2. The average molecular weight is 410 g/mol. The number of nitrogens with one attached hydrogen (secondary N) is 2. The first-order valence-electron chi connectivity index (χ1n) is 9.78. The van der Waals surface area contributed by atoms with E-state index in [0.29, 0.717) is 49.9 Å². The molecule has 156 valence electrons. The minimum absolute atomic E-state index is 0.255. The molecule has 0 aliphatic carbocycles. The maximum atomic E-state index is 13.1. The predicted octanol–water partition coefficient (Wildman–Crippen LogP) is 3.51. The van der Waals surface area contributed by atoms with Crippen molar-refractivity contribution in [2.45, 2.75) is 19.9 Å². The molecule has 0 unspecified atom stereocenters. The van der Waals surface area contributed by atoms with E-state index in [-0.39, 0.29) is 11.8 Å². The van der Waals surface area contributed by atoms with Gasteiger partial charge in [0.2, 0.25) is 0 Å². The molecule has 0 fully saturated rings. The van der Waals surface area contributed by atoms with Gasteiger partial charge in [-0.1, -0.05) is 12.1 Å². The minimum Gasteiger partial charge on any atom is -0.486 e. The number of nitrogens with zero attached hydrogens (tertiary/aromatic N) is 2. The summed E-state index contributed by atoms with van der Waals surface area (Å²) in [4.78, 5) is 16.7. The molecular weight excluding hydrogens is 387 g/mol. The molecule has 2 heterocycles. The van der Waals surface area contributed by atoms with Crippen molar-refractivity contribution in [2.75, 3.05) is 25.1 Å². The largest absolute Gasteiger partial charge is 0.486 e. The van der Waals surface area contributed by atoms with Gasteiger partial charge in [0, 0.05) is 43.2 Å². The highest BCUT2D eigenvalue weighted by Crippen LogP contribution is 2.32. The quantitative estimate of drug-likeness (QED) is 0.652. The van der Waals surface area contributed by atoms with Crippen LogP contribution in [0.15, 0.2) is 48.7 Å². The second kappa shape index (κ2) is 8.86. The van der Waals surface area contributed by atoms with Crippen LogP contribution in [0.5, 0.6) is 11.5 Å². The molecule has 1 aliphatic rings. The number of ether oxygens (including phenoxy) is 2. The summed E-state index contributed by atoms with van der Waals surface area (Å²) >= 11 is 0. The molecule has 2 amide bonds. The van der Waals surface area contributed by atoms with Gasteiger partial charge >= 0.3 is 6.03 Å². The van der Waals surface area contributed by atoms with Gasteiger partial charge in [-0.25, -0.2) is 14.2 Å². The number of carbonyl (C=O) groups excluding carboxylic acids is 1. The van der Waals surface area contributed by atoms with Crippen LogP contribution in [-0.2, 0) is 13.0 Å². The van der Waals surface area contributed by atoms with Gasteiger partial charge in [0.15, 0.2) is 11.5 Å². The molecule has 0 saturated carbocycles. The normalized spacial score (nSPS) is 12.5. The first kappa shape index (κ1) is 19.8. The Kier molecular flexibility index (Phi) is 5.83. The van der Waals surface area contributed by atoms with Crippen LogP contribution in [0.4, 0.5) is 14.9 Å². The highest BCUT2D eigenvalue weighted by Gasteiger charge is 2.13. The van der Waals surface area contributed by atoms with Crippen LogP contribution < -0.4 is 20.1 Å². The summed E-state index contributed by atoms with van der Waals surface area (Å²) in [5, 5.41) is 5.64. The van der Waals surface area contributed by atoms with Crippen molar-refractivity contribution in [3.8, 4) is 11.5 Å². The molecule has 4 rings (SSSR count). The van der Waals surface area contributed by atoms with Gasteiger partial charge in [-0.2, -0.15) is 0 Å². The number of rotatable bonds is 6. The molecule has 0 radical (unpaired) electrons. The van der Waals surface area contributed by atoms with E-state index in [1.807, 2.05) is 6.92 Å². The maximum Gasteiger partial charge on any atom is 0.319 e. The Morgan fingerprint density at radius 1 is 1.13 bits per heavy atom. The molecule has 8 heteroatoms. The van der Waals surface area contributed by atoms with E-state index >= 15 is 0 Å². The Labute approximate surface area is 173 Å². The van der Waals surface area contributed by atoms with Crippen LogP contribution >= 0.6 is 0 Å². The van der Waals surface area contributed by atoms with Crippen LogP contribution in [0.25, 0.3) is 0 Å². The molecule has 0 saturated heterocycles. The van der Waals surface area contributed by atoms with Gasteiger partial charge in [0.1, 0.15) is 24.9 Å². The van der Waals surface area contributed by atoms with Crippen molar-refractivity contribution in [3.63, 3.8) is 0 Å². The molecule has 0 spiro atoms. The lowest BCUT2D eigenvalue weighted by atomic mass is 10.2. The third-order valence-electron chi connectivity index (χ3n) is 4.83. The SMILES string of the molecule is Cc1cnc(CCNC(=O)Nc2ccc3c(c2)OCCO3)n1Cc1ccc(F)cc1. The Balaban J connectivity index is 1.31. The molecule has 1 aromatic heterocycles. The number of aryl methyl sites for hydroxylation is 1. The first-order chi connectivity index (χ1) is 14.6. The fraction of sp³-hybridized carbons (Fsp3) is 0.273. The summed E-state index contributed by atoms with van der Waals surface area (Å²) in [5.41, 5.74) is 2.63. The highest BCUT2D eigenvalue weighted by molar-refractivity contribution is 5.89. The van der Waals surface area contributed by atoms with Gasteiger partial charge in [-0.15, -0.1) is 0 Å². The number of amides is 2. The third kappa shape index (κ3) is 4.71. The molecule has 30 heavy (non-hydrogen) atoms. The smallest absolute Gasteiger partial charge is 0.319 e. The topological polar surface area (TPSA) is 77.4 Å². The minimum atomic E-state index is -0.306. The van der Waals surface area contributed by atoms with Crippen LogP contribution in [0.2, 0.25) is 0 Å². The van der Waals surface area contributed by atoms with E-state index < -0.39 is 0 Å². The third-order valence-corrected chi connectivity index (χ3v) is 4.83. The Morgan fingerprint density at radius 3 is 2.70 bits per heavy atom. The molecule has 0 bridgehead atoms. The van der Waals surface area contributed by atoms with Gasteiger partial charge in [-0.3, -0.25) is 0 Å². The van der Waals surface area contributed by atoms with Crippen LogP contribution in [0, 0.1) is 12.7 Å². The Bertz CT molecular complexity index is 1030. The van der Waals surface area contributed by atoms with Crippen molar-refractivity contribution >= 4 is 11.7 Å². The highest BCUT2D eigenvalue weighted by atomic mass is 19.1. The molecule has 2 aromatic carbocycles. The van der Waals surface area contributed by atoms with Crippen LogP contribution in [0.1, 0.15) is 17.1 Å². The predicted molar refractivity (Wildman–Crippen MR) is 111 cm³/mol. The van der Waals surface area contributed by atoms with E-state index in [0.717, 1.165) is 17.1 Å². The number of aromatic nitrogens is 2. The van der Waals surface area contributed by atoms with Crippen molar-refractivity contribution < 1.29 is 18.7 Å². The zero-order valence-electron chi connectivity index (χ0n) is 16.7. The standard InChI is InChI=1S/C22H23FN4O3/c1-15-13-25-21(27(15)14-16-2-4-17(23)5-3-16)8-9-24-22(28)26-18-6-7-19-20(12-18)30-11-10-29-19/h2-7,12-13H,8-11,14H2,1H3,(H2,24,26,28). The molecular formula is C22H23FN4O3. The van der Waals surface area contributed by atoms with Crippen molar-refractivity contribution in [2.24, 2.45) is 0 Å². The zero-order valence-corrected chi connectivity index (χ0v) is 16.7. The van der Waals surface area contributed by atoms with Crippen molar-refractivity contribution in [1.82, 2.24) is 14.9 Å². The summed E-state index contributed by atoms with van der Waals surface area (Å²) in [5.74, 6) is 1.90. The molecule has 1 aliphatic heterocycles. The fourth-order valence-electron chi connectivity index (χ4n) is 3.28. The van der Waals surface area contributed by atoms with E-state index in [1.165, 1.54) is 12.1 Å². The lowest BCUT2D eigenvalue weighted by Gasteiger charge is -2.19. The molecule has 0 atom stereocenters. The summed E-state index contributed by atoms with van der Waals surface area (Å²) in [6.07, 6.45) is 2.37. The number of hydrogen-bond donors (Lipinski definition) is 2. The summed E-state index contributed by atoms with van der Waals surface area (Å²) in [6.45, 7) is 4.02. The van der Waals surface area contributed by atoms with E-state index in [1.54, 1.807) is 36.5 Å². The lowest BCUT2D eigenvalue weighted by Crippen LogP contribution is -2.31. The zero-order chi connectivity index (χ0) is 20.9.